The van der Waals surface area contributed by atoms with Crippen LogP contribution in [-0.4, -0.2) is 49.8 Å². The van der Waals surface area contributed by atoms with Crippen molar-refractivity contribution in [2.45, 2.75) is 56.8 Å². The lowest BCUT2D eigenvalue weighted by Gasteiger charge is -2.29. The maximum absolute atomic E-state index is 8.91. The lowest BCUT2D eigenvalue weighted by Crippen LogP contribution is -2.40. The van der Waals surface area contributed by atoms with Crippen molar-refractivity contribution >= 4 is 0 Å². The van der Waals surface area contributed by atoms with Gasteiger partial charge in [0, 0.05) is 0 Å². The number of aliphatic hydroxyl groups excluding tert-OH is 1. The summed E-state index contributed by atoms with van der Waals surface area (Å²) in [4.78, 5) is 0. The summed E-state index contributed by atoms with van der Waals surface area (Å²) in [5.74, 6) is 0. The third-order valence-electron chi connectivity index (χ3n) is 3.56. The van der Waals surface area contributed by atoms with Crippen molar-refractivity contribution in [1.29, 1.82) is 0 Å². The summed E-state index contributed by atoms with van der Waals surface area (Å²) >= 11 is 0. The smallest absolute Gasteiger partial charge is 0.104 e. The average Bonchev–Trinajstić information content (AvgIpc) is 2.65. The van der Waals surface area contributed by atoms with E-state index in [-0.39, 0.29) is 18.8 Å². The van der Waals surface area contributed by atoms with Gasteiger partial charge in [-0.2, -0.15) is 0 Å². The summed E-state index contributed by atoms with van der Waals surface area (Å²) in [5, 5.41) is 8.91. The molecule has 1 saturated heterocycles. The highest BCUT2D eigenvalue weighted by Crippen LogP contribution is 2.20. The molecule has 0 radical (unpaired) electrons. The first kappa shape index (κ1) is 13.3. The van der Waals surface area contributed by atoms with Gasteiger partial charge in [-0.1, -0.05) is 25.7 Å². The van der Waals surface area contributed by atoms with Crippen LogP contribution in [0.15, 0.2) is 0 Å². The Bertz CT molecular complexity index is 194. The first-order valence-corrected chi connectivity index (χ1v) is 6.84. The van der Waals surface area contributed by atoms with Crippen molar-refractivity contribution in [3.63, 3.8) is 0 Å². The third kappa shape index (κ3) is 4.54. The minimum Gasteiger partial charge on any atom is -0.394 e. The van der Waals surface area contributed by atoms with Gasteiger partial charge in [0.05, 0.1) is 32.5 Å². The molecule has 1 aliphatic heterocycles. The predicted octanol–water partition coefficient (Wildman–Crippen LogP) is 1.50. The summed E-state index contributed by atoms with van der Waals surface area (Å²) in [7, 11) is 0. The molecule has 17 heavy (non-hydrogen) atoms. The van der Waals surface area contributed by atoms with E-state index in [9.17, 15) is 0 Å². The summed E-state index contributed by atoms with van der Waals surface area (Å²) in [6.45, 7) is 1.69. The number of rotatable bonds is 4. The average molecular weight is 244 g/mol. The van der Waals surface area contributed by atoms with Gasteiger partial charge in [0.15, 0.2) is 0 Å². The molecule has 0 aromatic carbocycles. The van der Waals surface area contributed by atoms with E-state index in [1.165, 1.54) is 38.5 Å². The zero-order valence-corrected chi connectivity index (χ0v) is 10.5. The second-order valence-corrected chi connectivity index (χ2v) is 5.04. The lowest BCUT2D eigenvalue weighted by atomic mass is 10.1. The first-order valence-electron chi connectivity index (χ1n) is 6.84. The van der Waals surface area contributed by atoms with Crippen molar-refractivity contribution in [2.75, 3.05) is 26.4 Å². The Morgan fingerprint density at radius 3 is 2.18 bits per heavy atom. The van der Waals surface area contributed by atoms with Crippen LogP contribution in [0.2, 0.25) is 0 Å². The van der Waals surface area contributed by atoms with Gasteiger partial charge in [0.2, 0.25) is 0 Å². The van der Waals surface area contributed by atoms with E-state index in [0.29, 0.717) is 25.9 Å². The molecule has 2 rings (SSSR count). The van der Waals surface area contributed by atoms with E-state index in [0.717, 1.165) is 0 Å². The molecule has 1 N–H and O–H groups in total. The molecule has 0 aromatic heterocycles. The molecular weight excluding hydrogens is 220 g/mol. The van der Waals surface area contributed by atoms with E-state index in [1.54, 1.807) is 0 Å². The molecule has 2 atom stereocenters. The molecule has 1 saturated carbocycles. The first-order chi connectivity index (χ1) is 8.38. The largest absolute Gasteiger partial charge is 0.394 e. The zero-order chi connectivity index (χ0) is 11.9. The van der Waals surface area contributed by atoms with Crippen molar-refractivity contribution in [3.05, 3.63) is 0 Å². The Balaban J connectivity index is 1.61. The van der Waals surface area contributed by atoms with E-state index >= 15 is 0 Å². The molecule has 0 aromatic rings. The molecule has 0 spiro atoms. The molecule has 1 heterocycles. The Labute approximate surface area is 103 Å². The fraction of sp³-hybridized carbons (Fsp3) is 1.00. The Morgan fingerprint density at radius 2 is 1.59 bits per heavy atom. The van der Waals surface area contributed by atoms with Crippen LogP contribution in [0.4, 0.5) is 0 Å². The van der Waals surface area contributed by atoms with Gasteiger partial charge in [-0.05, 0) is 12.8 Å². The number of aliphatic hydroxyl groups is 1. The Morgan fingerprint density at radius 1 is 0.941 bits per heavy atom. The SMILES string of the molecule is OCC1COC(COC2CCCCCC2)CO1. The highest BCUT2D eigenvalue weighted by Gasteiger charge is 2.23. The van der Waals surface area contributed by atoms with Crippen LogP contribution in [0.5, 0.6) is 0 Å². The zero-order valence-electron chi connectivity index (χ0n) is 10.5. The van der Waals surface area contributed by atoms with Crippen LogP contribution in [-0.2, 0) is 14.2 Å². The molecule has 0 amide bonds. The summed E-state index contributed by atoms with van der Waals surface area (Å²) in [6, 6.07) is 0. The van der Waals surface area contributed by atoms with E-state index in [4.69, 9.17) is 19.3 Å². The fourth-order valence-corrected chi connectivity index (χ4v) is 2.44. The van der Waals surface area contributed by atoms with Crippen LogP contribution < -0.4 is 0 Å². The lowest BCUT2D eigenvalue weighted by molar-refractivity contribution is -0.167. The molecule has 4 nitrogen and oxygen atoms in total. The molecule has 2 aliphatic rings. The van der Waals surface area contributed by atoms with Gasteiger partial charge in [-0.3, -0.25) is 0 Å². The summed E-state index contributed by atoms with van der Waals surface area (Å²) in [5.41, 5.74) is 0. The molecule has 2 unspecified atom stereocenters. The minimum absolute atomic E-state index is 0.0379. The fourth-order valence-electron chi connectivity index (χ4n) is 2.44. The molecule has 0 bridgehead atoms. The van der Waals surface area contributed by atoms with Gasteiger partial charge >= 0.3 is 0 Å². The van der Waals surface area contributed by atoms with E-state index in [1.807, 2.05) is 0 Å². The Kier molecular flexibility index (Phi) is 5.71. The van der Waals surface area contributed by atoms with Gasteiger partial charge in [-0.25, -0.2) is 0 Å². The van der Waals surface area contributed by atoms with Crippen molar-refractivity contribution in [3.8, 4) is 0 Å². The molecule has 4 heteroatoms. The van der Waals surface area contributed by atoms with Gasteiger partial charge in [-0.15, -0.1) is 0 Å². The minimum atomic E-state index is -0.149. The third-order valence-corrected chi connectivity index (χ3v) is 3.56. The van der Waals surface area contributed by atoms with Crippen LogP contribution in [0.25, 0.3) is 0 Å². The predicted molar refractivity (Wildman–Crippen MR) is 64.0 cm³/mol. The summed E-state index contributed by atoms with van der Waals surface area (Å²) < 4.78 is 16.9. The van der Waals surface area contributed by atoms with Crippen molar-refractivity contribution in [1.82, 2.24) is 0 Å². The van der Waals surface area contributed by atoms with E-state index < -0.39 is 0 Å². The second kappa shape index (κ2) is 7.31. The van der Waals surface area contributed by atoms with Crippen molar-refractivity contribution < 1.29 is 19.3 Å². The normalized spacial score (nSPS) is 32.3. The molecule has 1 aliphatic carbocycles. The summed E-state index contributed by atoms with van der Waals surface area (Å²) in [6.07, 6.45) is 7.96. The molecular formula is C13H24O4. The number of hydrogen-bond donors (Lipinski definition) is 1. The van der Waals surface area contributed by atoms with Gasteiger partial charge in [0.25, 0.3) is 0 Å². The second-order valence-electron chi connectivity index (χ2n) is 5.04. The van der Waals surface area contributed by atoms with Crippen LogP contribution in [0, 0.1) is 0 Å². The maximum Gasteiger partial charge on any atom is 0.104 e. The quantitative estimate of drug-likeness (QED) is 0.761. The van der Waals surface area contributed by atoms with Crippen LogP contribution in [0.3, 0.4) is 0 Å². The Hall–Kier alpha value is -0.160. The van der Waals surface area contributed by atoms with Gasteiger partial charge in [0.1, 0.15) is 12.2 Å². The van der Waals surface area contributed by atoms with E-state index in [2.05, 4.69) is 0 Å². The van der Waals surface area contributed by atoms with Gasteiger partial charge < -0.3 is 19.3 Å². The maximum atomic E-state index is 8.91. The number of ether oxygens (including phenoxy) is 3. The molecule has 100 valence electrons. The topological polar surface area (TPSA) is 47.9 Å². The number of hydrogen-bond acceptors (Lipinski definition) is 4. The molecule has 2 fully saturated rings. The van der Waals surface area contributed by atoms with Crippen molar-refractivity contribution in [2.24, 2.45) is 0 Å². The standard InChI is InChI=1S/C13H24O4/c14-7-12-8-17-13(10-16-12)9-15-11-5-3-1-2-4-6-11/h11-14H,1-10H2. The van der Waals surface area contributed by atoms with Crippen LogP contribution >= 0.6 is 0 Å². The van der Waals surface area contributed by atoms with Crippen LogP contribution in [0.1, 0.15) is 38.5 Å². The monoisotopic (exact) mass is 244 g/mol. The highest BCUT2D eigenvalue weighted by molar-refractivity contribution is 4.69. The highest BCUT2D eigenvalue weighted by atomic mass is 16.6.